The number of benzene rings is 2. The molecule has 8 rings (SSSR count). The van der Waals surface area contributed by atoms with Gasteiger partial charge in [-0.1, -0.05) is 41.9 Å². The summed E-state index contributed by atoms with van der Waals surface area (Å²) >= 11 is 7.16. The number of likely N-dealkylation sites (tertiary alicyclic amines) is 1. The molecule has 54 heavy (non-hydrogen) atoms. The van der Waals surface area contributed by atoms with E-state index in [1.54, 1.807) is 26.2 Å². The average molecular weight is 763 g/mol. The second-order valence-corrected chi connectivity index (χ2v) is 14.2. The quantitative estimate of drug-likeness (QED) is 0.250. The van der Waals surface area contributed by atoms with Crippen molar-refractivity contribution in [1.29, 1.82) is 0 Å². The number of ether oxygens (including phenoxy) is 2. The molecule has 1 aliphatic carbocycles. The molecule has 1 spiro atoms. The van der Waals surface area contributed by atoms with Crippen LogP contribution in [0.15, 0.2) is 52.1 Å². The molecule has 1 atom stereocenters. The Morgan fingerprint density at radius 1 is 1.02 bits per heavy atom. The van der Waals surface area contributed by atoms with E-state index >= 15 is 0 Å². The summed E-state index contributed by atoms with van der Waals surface area (Å²) in [5, 5.41) is 5.95. The van der Waals surface area contributed by atoms with Crippen molar-refractivity contribution in [1.82, 2.24) is 34.3 Å². The molecule has 2 fully saturated rings. The van der Waals surface area contributed by atoms with Gasteiger partial charge in [-0.15, -0.1) is 0 Å². The Bertz CT molecular complexity index is 2500. The van der Waals surface area contributed by atoms with Crippen LogP contribution < -0.4 is 26.6 Å². The minimum absolute atomic E-state index is 0.0653. The number of hydrogen-bond donors (Lipinski definition) is 2. The van der Waals surface area contributed by atoms with Gasteiger partial charge in [0.15, 0.2) is 5.65 Å². The minimum Gasteiger partial charge on any atom is -0.481 e. The lowest BCUT2D eigenvalue weighted by Gasteiger charge is -2.53. The van der Waals surface area contributed by atoms with Crippen LogP contribution in [0.2, 0.25) is 5.02 Å². The van der Waals surface area contributed by atoms with Gasteiger partial charge in [0.1, 0.15) is 23.4 Å². The summed E-state index contributed by atoms with van der Waals surface area (Å²) in [7, 11) is 4.06. The zero-order chi connectivity index (χ0) is 38.3. The van der Waals surface area contributed by atoms with Gasteiger partial charge in [0, 0.05) is 62.1 Å². The number of alkyl halides is 3. The molecular weight excluding hydrogens is 729 g/mol. The number of fused-ring (bicyclic) bond motifs is 2. The molecule has 0 radical (unpaired) electrons. The Hall–Kier alpha value is -5.32. The summed E-state index contributed by atoms with van der Waals surface area (Å²) in [5.74, 6) is -1.50. The highest BCUT2D eigenvalue weighted by Gasteiger charge is 2.50. The number of pyridine rings is 1. The molecule has 3 aromatic heterocycles. The Balaban J connectivity index is 1.14. The third-order valence-electron chi connectivity index (χ3n) is 10.6. The van der Waals surface area contributed by atoms with Gasteiger partial charge in [0.25, 0.3) is 5.56 Å². The molecule has 2 aliphatic heterocycles. The number of morpholine rings is 1. The number of halogens is 4. The number of hydrogen-bond acceptors (Lipinski definition) is 10. The second-order valence-electron chi connectivity index (χ2n) is 13.9. The van der Waals surface area contributed by atoms with E-state index in [9.17, 15) is 27.6 Å². The maximum Gasteiger partial charge on any atom is 0.451 e. The van der Waals surface area contributed by atoms with Gasteiger partial charge < -0.3 is 20.1 Å². The molecule has 0 bridgehead atoms. The molecule has 13 nitrogen and oxygen atoms in total. The maximum absolute atomic E-state index is 13.9. The van der Waals surface area contributed by atoms with Gasteiger partial charge in [0.05, 0.1) is 17.8 Å². The summed E-state index contributed by atoms with van der Waals surface area (Å²) in [6.45, 7) is 3.71. The Kier molecular flexibility index (Phi) is 8.54. The van der Waals surface area contributed by atoms with E-state index in [1.165, 1.54) is 14.1 Å². The number of nitrogens with one attached hydrogen (secondary N) is 2. The van der Waals surface area contributed by atoms with Crippen molar-refractivity contribution in [3.8, 4) is 28.3 Å². The average Bonchev–Trinajstić information content (AvgIpc) is 3.56. The fourth-order valence-electron chi connectivity index (χ4n) is 7.74. The van der Waals surface area contributed by atoms with E-state index in [0.717, 1.165) is 33.1 Å². The largest absolute Gasteiger partial charge is 0.481 e. The van der Waals surface area contributed by atoms with Gasteiger partial charge in [0.2, 0.25) is 17.6 Å². The van der Waals surface area contributed by atoms with Crippen molar-refractivity contribution in [2.24, 2.45) is 14.1 Å². The first-order valence-electron chi connectivity index (χ1n) is 17.1. The Morgan fingerprint density at radius 3 is 2.44 bits per heavy atom. The lowest BCUT2D eigenvalue weighted by Crippen LogP contribution is -2.70. The van der Waals surface area contributed by atoms with Crippen molar-refractivity contribution in [3.05, 3.63) is 90.8 Å². The van der Waals surface area contributed by atoms with Gasteiger partial charge in [-0.2, -0.15) is 13.2 Å². The van der Waals surface area contributed by atoms with E-state index in [2.05, 4.69) is 25.5 Å². The van der Waals surface area contributed by atoms with Crippen molar-refractivity contribution in [2.45, 2.75) is 37.6 Å². The summed E-state index contributed by atoms with van der Waals surface area (Å²) in [6.07, 6.45) is -3.27. The molecule has 5 aromatic rings. The maximum atomic E-state index is 13.9. The number of anilines is 2. The predicted octanol–water partition coefficient (Wildman–Crippen LogP) is 4.68. The molecule has 280 valence electrons. The number of nitrogens with zero attached hydrogens (tertiary/aromatic N) is 6. The summed E-state index contributed by atoms with van der Waals surface area (Å²) < 4.78 is 55.2. The van der Waals surface area contributed by atoms with E-state index < -0.39 is 34.7 Å². The monoisotopic (exact) mass is 762 g/mol. The highest BCUT2D eigenvalue weighted by Crippen LogP contribution is 2.47. The highest BCUT2D eigenvalue weighted by atomic mass is 35.5. The number of carbonyl (C=O) groups is 1. The molecule has 3 aliphatic rings. The predicted molar refractivity (Wildman–Crippen MR) is 194 cm³/mol. The smallest absolute Gasteiger partial charge is 0.451 e. The van der Waals surface area contributed by atoms with Crippen LogP contribution >= 0.6 is 11.6 Å². The van der Waals surface area contributed by atoms with Crippen molar-refractivity contribution >= 4 is 40.0 Å². The van der Waals surface area contributed by atoms with Crippen molar-refractivity contribution in [2.75, 3.05) is 38.7 Å². The van der Waals surface area contributed by atoms with Crippen molar-refractivity contribution in [3.63, 3.8) is 0 Å². The molecular formula is C37H34ClF3N8O5. The topological polar surface area (TPSA) is 146 Å². The minimum atomic E-state index is -4.95. The molecule has 0 saturated carbocycles. The van der Waals surface area contributed by atoms with Crippen LogP contribution in [0.3, 0.4) is 0 Å². The van der Waals surface area contributed by atoms with Gasteiger partial charge in [-0.25, -0.2) is 19.7 Å². The Labute approximate surface area is 310 Å². The molecule has 2 N–H and O–H groups in total. The van der Waals surface area contributed by atoms with Crippen LogP contribution in [0.1, 0.15) is 35.0 Å². The standard InChI is InChI=1S/C37H34ClF3N8O5/c1-18-20(7-6-10-23(18)43-30-28-31(46-34(45-30)37(39,40)41)47(2)35(52)48(3)33(28)51)21-8-5-9-22(29(21)38)24-13-19-11-12-25(27(19)32(44-24)53-4)49-16-36(17-49)15-42-26(50)14-54-36/h5-10,13,25H,11-12,14-17H2,1-4H3,(H,42,50)(H,43,45,46)/t25-/m0/s1. The third kappa shape index (κ3) is 5.79. The Morgan fingerprint density at radius 2 is 1.74 bits per heavy atom. The number of methoxy groups -OCH3 is 1. The van der Waals surface area contributed by atoms with Crippen LogP contribution in [0, 0.1) is 6.92 Å². The summed E-state index contributed by atoms with van der Waals surface area (Å²) in [4.78, 5) is 51.9. The van der Waals surface area contributed by atoms with Crippen LogP contribution in [0.25, 0.3) is 33.4 Å². The van der Waals surface area contributed by atoms with Gasteiger partial charge in [-0.05, 0) is 48.6 Å². The number of aromatic nitrogens is 5. The summed E-state index contributed by atoms with van der Waals surface area (Å²) in [5.41, 5.74) is 3.17. The zero-order valence-electron chi connectivity index (χ0n) is 29.6. The van der Waals surface area contributed by atoms with Crippen molar-refractivity contribution < 1.29 is 27.4 Å². The highest BCUT2D eigenvalue weighted by molar-refractivity contribution is 6.36. The number of aryl methyl sites for hydroxylation is 2. The van der Waals surface area contributed by atoms with Gasteiger partial charge in [-0.3, -0.25) is 23.6 Å². The first-order chi connectivity index (χ1) is 25.7. The van der Waals surface area contributed by atoms with Crippen LogP contribution in [0.4, 0.5) is 24.7 Å². The van der Waals surface area contributed by atoms with Gasteiger partial charge >= 0.3 is 11.9 Å². The molecule has 0 unspecified atom stereocenters. The van der Waals surface area contributed by atoms with E-state index in [4.69, 9.17) is 26.1 Å². The first-order valence-corrected chi connectivity index (χ1v) is 17.5. The van der Waals surface area contributed by atoms with E-state index in [0.29, 0.717) is 64.2 Å². The molecule has 1 amide bonds. The number of rotatable bonds is 6. The molecule has 2 saturated heterocycles. The van der Waals surface area contributed by atoms with Crippen LogP contribution in [-0.4, -0.2) is 73.8 Å². The fourth-order valence-corrected chi connectivity index (χ4v) is 8.07. The normalized spacial score (nSPS) is 18.1. The SMILES string of the molecule is COc1nc(-c2cccc(-c3cccc(Nc4nc(C(F)(F)F)nc5c4c(=O)n(C)c(=O)n5C)c3C)c2Cl)cc2c1[C@@H](N1CC3(CNC(=O)CO3)C1)CC2. The van der Waals surface area contributed by atoms with E-state index in [1.807, 2.05) is 30.3 Å². The molecule has 2 aromatic carbocycles. The molecule has 17 heteroatoms. The lowest BCUT2D eigenvalue weighted by atomic mass is 9.89. The van der Waals surface area contributed by atoms with Crippen LogP contribution in [-0.2, 0) is 36.2 Å². The summed E-state index contributed by atoms with van der Waals surface area (Å²) in [6, 6.07) is 12.9. The second kappa shape index (κ2) is 12.9. The lowest BCUT2D eigenvalue weighted by molar-refractivity contribution is -0.179. The third-order valence-corrected chi connectivity index (χ3v) is 11.0. The van der Waals surface area contributed by atoms with E-state index in [-0.39, 0.29) is 29.5 Å². The number of amides is 1. The fraction of sp³-hybridized carbons (Fsp3) is 0.351. The molecule has 5 heterocycles. The van der Waals surface area contributed by atoms with Crippen LogP contribution in [0.5, 0.6) is 5.88 Å². The number of carbonyl (C=O) groups excluding carboxylic acids is 1. The zero-order valence-corrected chi connectivity index (χ0v) is 30.4. The first kappa shape index (κ1) is 35.7.